The number of nitrogens with zero attached hydrogens (tertiary/aromatic N) is 1. The predicted octanol–water partition coefficient (Wildman–Crippen LogP) is 1.34. The van der Waals surface area contributed by atoms with Gasteiger partial charge in [-0.3, -0.25) is 0 Å². The van der Waals surface area contributed by atoms with Gasteiger partial charge in [-0.25, -0.2) is 16.8 Å². The Kier molecular flexibility index (Phi) is 4.34. The fraction of sp³-hybridized carbons (Fsp3) is 0.636. The lowest BCUT2D eigenvalue weighted by atomic mass is 10.2. The van der Waals surface area contributed by atoms with Crippen LogP contribution in [0.3, 0.4) is 0 Å². The third-order valence-electron chi connectivity index (χ3n) is 3.12. The third kappa shape index (κ3) is 3.18. The molecule has 0 radical (unpaired) electrons. The van der Waals surface area contributed by atoms with Crippen molar-refractivity contribution in [2.45, 2.75) is 30.0 Å². The van der Waals surface area contributed by atoms with Crippen molar-refractivity contribution in [2.75, 3.05) is 18.1 Å². The molecule has 8 heteroatoms. The van der Waals surface area contributed by atoms with E-state index in [4.69, 9.17) is 0 Å². The SMILES string of the molecule is CCCN([C@H]1CCS(=O)(=O)C1)S(=O)(=O)c1cccs1. The summed E-state index contributed by atoms with van der Waals surface area (Å²) in [6.07, 6.45) is 1.06. The molecule has 1 atom stereocenters. The van der Waals surface area contributed by atoms with Crippen LogP contribution in [0.15, 0.2) is 21.7 Å². The lowest BCUT2D eigenvalue weighted by Gasteiger charge is -2.26. The molecule has 108 valence electrons. The number of hydrogen-bond donors (Lipinski definition) is 0. The molecule has 2 rings (SSSR count). The summed E-state index contributed by atoms with van der Waals surface area (Å²) < 4.78 is 49.8. The van der Waals surface area contributed by atoms with Crippen molar-refractivity contribution in [3.05, 3.63) is 17.5 Å². The second-order valence-electron chi connectivity index (χ2n) is 4.60. The quantitative estimate of drug-likeness (QED) is 0.820. The summed E-state index contributed by atoms with van der Waals surface area (Å²) >= 11 is 1.16. The van der Waals surface area contributed by atoms with Crippen LogP contribution in [0, 0.1) is 0 Å². The van der Waals surface area contributed by atoms with Crippen LogP contribution in [0.2, 0.25) is 0 Å². The molecule has 1 fully saturated rings. The highest BCUT2D eigenvalue weighted by Gasteiger charge is 2.38. The summed E-state index contributed by atoms with van der Waals surface area (Å²) in [5, 5.41) is 1.71. The number of hydrogen-bond acceptors (Lipinski definition) is 5. The van der Waals surface area contributed by atoms with Gasteiger partial charge < -0.3 is 0 Å². The maximum atomic E-state index is 12.5. The molecule has 0 aromatic carbocycles. The van der Waals surface area contributed by atoms with Gasteiger partial charge in [-0.2, -0.15) is 4.31 Å². The van der Waals surface area contributed by atoms with Gasteiger partial charge in [-0.05, 0) is 24.3 Å². The average molecular weight is 323 g/mol. The van der Waals surface area contributed by atoms with Crippen LogP contribution >= 0.6 is 11.3 Å². The Labute approximate surface area is 118 Å². The molecule has 0 amide bonds. The third-order valence-corrected chi connectivity index (χ3v) is 8.19. The van der Waals surface area contributed by atoms with Gasteiger partial charge in [-0.15, -0.1) is 11.3 Å². The molecule has 0 aliphatic carbocycles. The molecule has 1 saturated heterocycles. The fourth-order valence-electron chi connectivity index (χ4n) is 2.25. The van der Waals surface area contributed by atoms with Gasteiger partial charge in [0.15, 0.2) is 9.84 Å². The lowest BCUT2D eigenvalue weighted by molar-refractivity contribution is 0.341. The molecule has 5 nitrogen and oxygen atoms in total. The van der Waals surface area contributed by atoms with Gasteiger partial charge in [0.2, 0.25) is 0 Å². The van der Waals surface area contributed by atoms with Gasteiger partial charge >= 0.3 is 0 Å². The van der Waals surface area contributed by atoms with E-state index in [1.54, 1.807) is 17.5 Å². The summed E-state index contributed by atoms with van der Waals surface area (Å²) in [6, 6.07) is 2.83. The van der Waals surface area contributed by atoms with Gasteiger partial charge in [0, 0.05) is 12.6 Å². The highest BCUT2D eigenvalue weighted by atomic mass is 32.2. The van der Waals surface area contributed by atoms with Gasteiger partial charge in [-0.1, -0.05) is 13.0 Å². The summed E-state index contributed by atoms with van der Waals surface area (Å²) in [6.45, 7) is 2.25. The molecule has 0 bridgehead atoms. The summed E-state index contributed by atoms with van der Waals surface area (Å²) in [4.78, 5) is 0. The topological polar surface area (TPSA) is 71.5 Å². The normalized spacial score (nSPS) is 22.9. The van der Waals surface area contributed by atoms with Crippen LogP contribution in [-0.2, 0) is 19.9 Å². The van der Waals surface area contributed by atoms with Gasteiger partial charge in [0.05, 0.1) is 11.5 Å². The van der Waals surface area contributed by atoms with E-state index < -0.39 is 25.9 Å². The zero-order chi connectivity index (χ0) is 14.1. The monoisotopic (exact) mass is 323 g/mol. The van der Waals surface area contributed by atoms with Crippen molar-refractivity contribution >= 4 is 31.2 Å². The average Bonchev–Trinajstić information content (AvgIpc) is 2.95. The van der Waals surface area contributed by atoms with E-state index in [2.05, 4.69) is 0 Å². The van der Waals surface area contributed by atoms with Crippen molar-refractivity contribution in [1.29, 1.82) is 0 Å². The largest absolute Gasteiger partial charge is 0.252 e. The molecular weight excluding hydrogens is 306 g/mol. The fourth-order valence-corrected chi connectivity index (χ4v) is 6.94. The van der Waals surface area contributed by atoms with Crippen LogP contribution in [0.1, 0.15) is 19.8 Å². The van der Waals surface area contributed by atoms with E-state index >= 15 is 0 Å². The number of thiophene rings is 1. The zero-order valence-electron chi connectivity index (χ0n) is 10.6. The summed E-state index contributed by atoms with van der Waals surface area (Å²) in [5.41, 5.74) is 0. The van der Waals surface area contributed by atoms with Crippen molar-refractivity contribution in [3.63, 3.8) is 0 Å². The van der Waals surface area contributed by atoms with E-state index in [9.17, 15) is 16.8 Å². The van der Waals surface area contributed by atoms with Crippen LogP contribution < -0.4 is 0 Å². The Balaban J connectivity index is 2.31. The molecule has 1 aromatic heterocycles. The second-order valence-corrected chi connectivity index (χ2v) is 9.90. The summed E-state index contributed by atoms with van der Waals surface area (Å²) in [7, 11) is -6.66. The van der Waals surface area contributed by atoms with E-state index in [0.29, 0.717) is 19.4 Å². The highest BCUT2D eigenvalue weighted by Crippen LogP contribution is 2.27. The number of sulfonamides is 1. The highest BCUT2D eigenvalue weighted by molar-refractivity contribution is 7.92. The first-order valence-electron chi connectivity index (χ1n) is 6.12. The maximum Gasteiger partial charge on any atom is 0.252 e. The van der Waals surface area contributed by atoms with E-state index in [1.165, 1.54) is 4.31 Å². The van der Waals surface area contributed by atoms with Gasteiger partial charge in [0.25, 0.3) is 10.0 Å². The zero-order valence-corrected chi connectivity index (χ0v) is 13.1. The van der Waals surface area contributed by atoms with E-state index in [1.807, 2.05) is 6.92 Å². The Hall–Kier alpha value is -0.440. The first-order valence-corrected chi connectivity index (χ1v) is 10.3. The second kappa shape index (κ2) is 5.51. The molecular formula is C11H17NO4S3. The molecule has 1 aliphatic rings. The van der Waals surface area contributed by atoms with Crippen molar-refractivity contribution < 1.29 is 16.8 Å². The first kappa shape index (κ1) is 15.0. The number of sulfone groups is 1. The molecule has 0 spiro atoms. The van der Waals surface area contributed by atoms with Crippen molar-refractivity contribution in [3.8, 4) is 0 Å². The minimum Gasteiger partial charge on any atom is -0.229 e. The smallest absolute Gasteiger partial charge is 0.229 e. The molecule has 0 saturated carbocycles. The Morgan fingerprint density at radius 1 is 1.47 bits per heavy atom. The van der Waals surface area contributed by atoms with Crippen molar-refractivity contribution in [1.82, 2.24) is 4.31 Å². The Bertz CT molecular complexity index is 619. The van der Waals surface area contributed by atoms with Gasteiger partial charge in [0.1, 0.15) is 4.21 Å². The molecule has 2 heterocycles. The minimum atomic E-state index is -3.57. The standard InChI is InChI=1S/C11H17NO4S3/c1-2-6-12(10-5-8-18(13,14)9-10)19(15,16)11-4-3-7-17-11/h3-4,7,10H,2,5-6,8-9H2,1H3/t10-/m0/s1. The first-order chi connectivity index (χ1) is 8.87. The van der Waals surface area contributed by atoms with Crippen molar-refractivity contribution in [2.24, 2.45) is 0 Å². The molecule has 1 aliphatic heterocycles. The Morgan fingerprint density at radius 3 is 2.68 bits per heavy atom. The summed E-state index contributed by atoms with van der Waals surface area (Å²) in [5.74, 6) is 0.0233. The molecule has 0 unspecified atom stereocenters. The van der Waals surface area contributed by atoms with Crippen LogP contribution in [-0.4, -0.2) is 45.2 Å². The minimum absolute atomic E-state index is 0.0579. The van der Waals surface area contributed by atoms with E-state index in [-0.39, 0.29) is 15.7 Å². The maximum absolute atomic E-state index is 12.5. The van der Waals surface area contributed by atoms with Crippen LogP contribution in [0.25, 0.3) is 0 Å². The van der Waals surface area contributed by atoms with Crippen LogP contribution in [0.5, 0.6) is 0 Å². The predicted molar refractivity (Wildman–Crippen MR) is 75.6 cm³/mol. The molecule has 19 heavy (non-hydrogen) atoms. The van der Waals surface area contributed by atoms with E-state index in [0.717, 1.165) is 11.3 Å². The Morgan fingerprint density at radius 2 is 2.21 bits per heavy atom. The molecule has 1 aromatic rings. The molecule has 0 N–H and O–H groups in total. The number of rotatable bonds is 5. The lowest BCUT2D eigenvalue weighted by Crippen LogP contribution is -2.41. The van der Waals surface area contributed by atoms with Crippen LogP contribution in [0.4, 0.5) is 0 Å².